The lowest BCUT2D eigenvalue weighted by molar-refractivity contribution is 0.366. The maximum absolute atomic E-state index is 7.35. The van der Waals surface area contributed by atoms with Gasteiger partial charge in [-0.25, -0.2) is 0 Å². The van der Waals surface area contributed by atoms with Crippen LogP contribution in [-0.2, 0) is 4.74 Å². The third-order valence-electron chi connectivity index (χ3n) is 1.83. The van der Waals surface area contributed by atoms with E-state index in [1.54, 1.807) is 0 Å². The Balaban J connectivity index is 2.98. The molecular weight excluding hydrogens is 138 g/mol. The van der Waals surface area contributed by atoms with Crippen LogP contribution < -0.4 is 0 Å². The molecule has 0 aromatic heterocycles. The molecule has 1 rings (SSSR count). The quantitative estimate of drug-likeness (QED) is 0.613. The Morgan fingerprint density at radius 3 is 2.18 bits per heavy atom. The van der Waals surface area contributed by atoms with Crippen LogP contribution >= 0.6 is 0 Å². The van der Waals surface area contributed by atoms with Crippen LogP contribution in [0, 0.1) is 11.3 Å². The van der Waals surface area contributed by atoms with E-state index in [9.17, 15) is 0 Å². The Morgan fingerprint density at radius 1 is 1.45 bits per heavy atom. The van der Waals surface area contributed by atoms with Gasteiger partial charge in [-0.1, -0.05) is 20.4 Å². The van der Waals surface area contributed by atoms with E-state index in [1.807, 2.05) is 20.8 Å². The van der Waals surface area contributed by atoms with Crippen LogP contribution in [0.2, 0.25) is 0 Å². The molecule has 0 saturated carbocycles. The first-order chi connectivity index (χ1) is 5.04. The highest BCUT2D eigenvalue weighted by Crippen LogP contribution is 2.29. The van der Waals surface area contributed by atoms with E-state index < -0.39 is 0 Å². The molecule has 0 aromatic carbocycles. The highest BCUT2D eigenvalue weighted by molar-refractivity contribution is 5.98. The van der Waals surface area contributed by atoms with Crippen molar-refractivity contribution in [1.29, 1.82) is 5.41 Å². The molecule has 0 aromatic rings. The number of hydrogen-bond donors (Lipinski definition) is 1. The topological polar surface area (TPSA) is 33.1 Å². The molecule has 2 nitrogen and oxygen atoms in total. The highest BCUT2D eigenvalue weighted by atomic mass is 16.5. The fourth-order valence-corrected chi connectivity index (χ4v) is 1.12. The van der Waals surface area contributed by atoms with Crippen LogP contribution in [0.3, 0.4) is 0 Å². The van der Waals surface area contributed by atoms with E-state index >= 15 is 0 Å². The maximum atomic E-state index is 7.35. The van der Waals surface area contributed by atoms with Gasteiger partial charge in [0, 0.05) is 11.5 Å². The van der Waals surface area contributed by atoms with E-state index in [4.69, 9.17) is 10.1 Å². The Labute approximate surface area is 67.1 Å². The maximum Gasteiger partial charge on any atom is 0.218 e. The van der Waals surface area contributed by atoms with Crippen molar-refractivity contribution < 1.29 is 4.74 Å². The Hall–Kier alpha value is -1.05. The summed E-state index contributed by atoms with van der Waals surface area (Å²) in [6.45, 7) is 9.78. The van der Waals surface area contributed by atoms with Crippen LogP contribution in [0.4, 0.5) is 0 Å². The summed E-state index contributed by atoms with van der Waals surface area (Å²) in [5.41, 5.74) is 1.73. The van der Waals surface area contributed by atoms with Gasteiger partial charge in [0.25, 0.3) is 0 Å². The molecular formula is C9H13NO. The van der Waals surface area contributed by atoms with Crippen molar-refractivity contribution in [3.8, 4) is 0 Å². The molecule has 0 amide bonds. The minimum absolute atomic E-state index is 0.200. The van der Waals surface area contributed by atoms with Crippen LogP contribution in [-0.4, -0.2) is 5.90 Å². The zero-order chi connectivity index (χ0) is 8.59. The summed E-state index contributed by atoms with van der Waals surface area (Å²) in [6.07, 6.45) is 0. The molecule has 0 fully saturated rings. The molecule has 11 heavy (non-hydrogen) atoms. The first-order valence-electron chi connectivity index (χ1n) is 3.71. The van der Waals surface area contributed by atoms with Crippen LogP contribution in [0.25, 0.3) is 0 Å². The molecule has 1 N–H and O–H groups in total. The van der Waals surface area contributed by atoms with E-state index in [-0.39, 0.29) is 5.90 Å². The summed E-state index contributed by atoms with van der Waals surface area (Å²) in [7, 11) is 0. The van der Waals surface area contributed by atoms with Crippen LogP contribution in [0.1, 0.15) is 20.8 Å². The summed E-state index contributed by atoms with van der Waals surface area (Å²) in [6, 6.07) is 0. The van der Waals surface area contributed by atoms with Gasteiger partial charge >= 0.3 is 0 Å². The SMILES string of the molecule is C=C1C(=N)OC(C(C)C)=C1C. The van der Waals surface area contributed by atoms with Crippen molar-refractivity contribution in [3.63, 3.8) is 0 Å². The van der Waals surface area contributed by atoms with Crippen molar-refractivity contribution in [2.45, 2.75) is 20.8 Å². The Bertz CT molecular complexity index is 248. The van der Waals surface area contributed by atoms with E-state index in [0.717, 1.165) is 11.3 Å². The normalized spacial score (nSPS) is 18.2. The predicted molar refractivity (Wildman–Crippen MR) is 45.5 cm³/mol. The van der Waals surface area contributed by atoms with Crippen molar-refractivity contribution in [2.24, 2.45) is 5.92 Å². The van der Waals surface area contributed by atoms with Crippen molar-refractivity contribution >= 4 is 5.90 Å². The van der Waals surface area contributed by atoms with Gasteiger partial charge in [-0.05, 0) is 12.5 Å². The summed E-state index contributed by atoms with van der Waals surface area (Å²) in [5, 5.41) is 7.35. The molecule has 0 bridgehead atoms. The molecule has 0 spiro atoms. The van der Waals surface area contributed by atoms with Gasteiger partial charge < -0.3 is 4.74 Å². The molecule has 1 heterocycles. The van der Waals surface area contributed by atoms with Crippen LogP contribution in [0.15, 0.2) is 23.5 Å². The van der Waals surface area contributed by atoms with Crippen molar-refractivity contribution in [2.75, 3.05) is 0 Å². The molecule has 0 unspecified atom stereocenters. The van der Waals surface area contributed by atoms with E-state index in [0.29, 0.717) is 11.5 Å². The van der Waals surface area contributed by atoms with Gasteiger partial charge in [-0.15, -0.1) is 0 Å². The van der Waals surface area contributed by atoms with E-state index in [1.165, 1.54) is 0 Å². The second-order valence-electron chi connectivity index (χ2n) is 3.05. The highest BCUT2D eigenvalue weighted by Gasteiger charge is 2.23. The smallest absolute Gasteiger partial charge is 0.218 e. The average molecular weight is 151 g/mol. The lowest BCUT2D eigenvalue weighted by Crippen LogP contribution is -1.98. The number of rotatable bonds is 1. The van der Waals surface area contributed by atoms with Gasteiger partial charge in [0.1, 0.15) is 5.76 Å². The Kier molecular flexibility index (Phi) is 1.85. The summed E-state index contributed by atoms with van der Waals surface area (Å²) >= 11 is 0. The summed E-state index contributed by atoms with van der Waals surface area (Å²) in [4.78, 5) is 0. The molecule has 0 saturated heterocycles. The Morgan fingerprint density at radius 2 is 2.00 bits per heavy atom. The van der Waals surface area contributed by atoms with Crippen LogP contribution in [0.5, 0.6) is 0 Å². The minimum atomic E-state index is 0.200. The molecule has 1 aliphatic rings. The largest absolute Gasteiger partial charge is 0.443 e. The zero-order valence-electron chi connectivity index (χ0n) is 7.19. The fraction of sp³-hybridized carbons (Fsp3) is 0.444. The standard InChI is InChI=1S/C9H13NO/c1-5(2)8-6(3)7(4)9(10)11-8/h5,10H,4H2,1-3H3. The fourth-order valence-electron chi connectivity index (χ4n) is 1.12. The molecule has 1 aliphatic heterocycles. The van der Waals surface area contributed by atoms with Crippen molar-refractivity contribution in [1.82, 2.24) is 0 Å². The van der Waals surface area contributed by atoms with Gasteiger partial charge in [-0.2, -0.15) is 0 Å². The lowest BCUT2D eigenvalue weighted by Gasteiger charge is -2.05. The third kappa shape index (κ3) is 1.20. The second-order valence-corrected chi connectivity index (χ2v) is 3.05. The summed E-state index contributed by atoms with van der Waals surface area (Å²) in [5.74, 6) is 1.43. The molecule has 60 valence electrons. The lowest BCUT2D eigenvalue weighted by atomic mass is 10.1. The predicted octanol–water partition coefficient (Wildman–Crippen LogP) is 2.48. The number of hydrogen-bond acceptors (Lipinski definition) is 2. The molecule has 0 radical (unpaired) electrons. The minimum Gasteiger partial charge on any atom is -0.443 e. The summed E-state index contributed by atoms with van der Waals surface area (Å²) < 4.78 is 5.21. The zero-order valence-corrected chi connectivity index (χ0v) is 7.19. The third-order valence-corrected chi connectivity index (χ3v) is 1.83. The average Bonchev–Trinajstić information content (AvgIpc) is 2.17. The molecule has 0 atom stereocenters. The molecule has 0 aliphatic carbocycles. The van der Waals surface area contributed by atoms with E-state index in [2.05, 4.69) is 6.58 Å². The number of nitrogens with one attached hydrogen (secondary N) is 1. The van der Waals surface area contributed by atoms with Gasteiger partial charge in [0.2, 0.25) is 5.90 Å². The number of allylic oxidation sites excluding steroid dienone is 1. The first kappa shape index (κ1) is 8.05. The molecule has 2 heteroatoms. The second kappa shape index (κ2) is 2.53. The number of ether oxygens (including phenoxy) is 1. The monoisotopic (exact) mass is 151 g/mol. The van der Waals surface area contributed by atoms with Crippen molar-refractivity contribution in [3.05, 3.63) is 23.5 Å². The van der Waals surface area contributed by atoms with Gasteiger partial charge in [0.05, 0.1) is 0 Å². The first-order valence-corrected chi connectivity index (χ1v) is 3.71. The van der Waals surface area contributed by atoms with Gasteiger partial charge in [0.15, 0.2) is 0 Å². The van der Waals surface area contributed by atoms with Gasteiger partial charge in [-0.3, -0.25) is 5.41 Å².